The molecule has 2 atom stereocenters. The summed E-state index contributed by atoms with van der Waals surface area (Å²) >= 11 is 0. The molecule has 0 radical (unpaired) electrons. The summed E-state index contributed by atoms with van der Waals surface area (Å²) in [5.41, 5.74) is 6.60. The second-order valence-electron chi connectivity index (χ2n) is 7.61. The van der Waals surface area contributed by atoms with Crippen LogP contribution in [0.15, 0.2) is 18.2 Å². The van der Waals surface area contributed by atoms with E-state index in [1.807, 2.05) is 54.5 Å². The molecule has 0 saturated carbocycles. The number of hydrogen-bond donors (Lipinski definition) is 1. The zero-order valence-corrected chi connectivity index (χ0v) is 25.7. The molecule has 0 amide bonds. The fourth-order valence-electron chi connectivity index (χ4n) is 3.29. The first-order chi connectivity index (χ1) is 16.9. The Bertz CT molecular complexity index is 760. The molecule has 1 N–H and O–H groups in total. The molecule has 0 aliphatic heterocycles. The third-order valence-corrected chi connectivity index (χ3v) is 5.18. The summed E-state index contributed by atoms with van der Waals surface area (Å²) in [5, 5.41) is 9.51. The number of aryl methyl sites for hydroxylation is 3. The minimum Gasteiger partial charge on any atom is -0.478 e. The van der Waals surface area contributed by atoms with Crippen LogP contribution in [0.1, 0.15) is 125 Å². The van der Waals surface area contributed by atoms with Gasteiger partial charge in [-0.2, -0.15) is 0 Å². The van der Waals surface area contributed by atoms with Gasteiger partial charge < -0.3 is 9.84 Å². The maximum atomic E-state index is 9.51. The average molecular weight is 491 g/mol. The highest BCUT2D eigenvalue weighted by Gasteiger charge is 2.20. The minimum absolute atomic E-state index is 0.187. The van der Waals surface area contributed by atoms with Crippen molar-refractivity contribution < 1.29 is 9.84 Å². The summed E-state index contributed by atoms with van der Waals surface area (Å²) in [5.74, 6) is 1.16. The van der Waals surface area contributed by atoms with Gasteiger partial charge in [0.15, 0.2) is 0 Å². The molecule has 2 heterocycles. The van der Waals surface area contributed by atoms with E-state index in [1.165, 1.54) is 17.5 Å². The lowest BCUT2D eigenvalue weighted by molar-refractivity contribution is 0.220. The summed E-state index contributed by atoms with van der Waals surface area (Å²) in [6.45, 7) is 29.6. The quantitative estimate of drug-likeness (QED) is 0.400. The molecular formula is C31H58N2O2. The van der Waals surface area contributed by atoms with E-state index in [0.29, 0.717) is 12.5 Å². The van der Waals surface area contributed by atoms with E-state index < -0.39 is 0 Å². The molecule has 0 aromatic carbocycles. The van der Waals surface area contributed by atoms with Crippen molar-refractivity contribution in [2.24, 2.45) is 5.92 Å². The van der Waals surface area contributed by atoms with Gasteiger partial charge >= 0.3 is 0 Å². The van der Waals surface area contributed by atoms with Gasteiger partial charge in [-0.25, -0.2) is 4.98 Å². The summed E-state index contributed by atoms with van der Waals surface area (Å²) in [7, 11) is 0. The van der Waals surface area contributed by atoms with E-state index in [2.05, 4.69) is 65.6 Å². The van der Waals surface area contributed by atoms with Gasteiger partial charge in [-0.3, -0.25) is 4.98 Å². The van der Waals surface area contributed by atoms with Gasteiger partial charge in [0.1, 0.15) is 0 Å². The molecule has 2 rings (SSSR count). The third kappa shape index (κ3) is 12.5. The monoisotopic (exact) mass is 490 g/mol. The fourth-order valence-corrected chi connectivity index (χ4v) is 3.29. The Kier molecular flexibility index (Phi) is 25.6. The van der Waals surface area contributed by atoms with E-state index in [-0.39, 0.29) is 18.4 Å². The lowest BCUT2D eigenvalue weighted by Crippen LogP contribution is -2.13. The van der Waals surface area contributed by atoms with Crippen LogP contribution in [0.3, 0.4) is 0 Å². The molecule has 0 aliphatic carbocycles. The van der Waals surface area contributed by atoms with Crippen molar-refractivity contribution >= 4 is 0 Å². The number of aliphatic hydroxyl groups is 1. The second-order valence-corrected chi connectivity index (χ2v) is 7.61. The molecule has 0 aliphatic rings. The number of aromatic nitrogens is 2. The van der Waals surface area contributed by atoms with Gasteiger partial charge in [0.05, 0.1) is 18.0 Å². The van der Waals surface area contributed by atoms with Crippen LogP contribution in [0.2, 0.25) is 0 Å². The molecule has 204 valence electrons. The third-order valence-electron chi connectivity index (χ3n) is 5.18. The number of nitrogens with zero attached hydrogens (tertiary/aromatic N) is 2. The van der Waals surface area contributed by atoms with Crippen molar-refractivity contribution in [3.8, 4) is 17.1 Å². The lowest BCUT2D eigenvalue weighted by atomic mass is 9.86. The molecule has 2 aromatic heterocycles. The predicted octanol–water partition coefficient (Wildman–Crippen LogP) is 9.20. The first kappa shape index (κ1) is 37.6. The zero-order chi connectivity index (χ0) is 28.0. The first-order valence-corrected chi connectivity index (χ1v) is 14.1. The van der Waals surface area contributed by atoms with Crippen LogP contribution < -0.4 is 4.74 Å². The second kappa shape index (κ2) is 23.8. The normalized spacial score (nSPS) is 11.1. The van der Waals surface area contributed by atoms with Gasteiger partial charge in [0, 0.05) is 23.9 Å². The number of ether oxygens (including phenoxy) is 1. The van der Waals surface area contributed by atoms with E-state index >= 15 is 0 Å². The summed E-state index contributed by atoms with van der Waals surface area (Å²) in [6, 6.07) is 6.28. The molecule has 4 nitrogen and oxygen atoms in total. The molecular weight excluding hydrogens is 432 g/mol. The van der Waals surface area contributed by atoms with E-state index in [4.69, 9.17) is 9.72 Å². The Morgan fingerprint density at radius 2 is 1.40 bits per heavy atom. The fraction of sp³-hybridized carbons (Fsp3) is 0.677. The summed E-state index contributed by atoms with van der Waals surface area (Å²) < 4.78 is 5.55. The number of rotatable bonds is 8. The van der Waals surface area contributed by atoms with Crippen molar-refractivity contribution in [1.29, 1.82) is 0 Å². The maximum absolute atomic E-state index is 9.51. The van der Waals surface area contributed by atoms with Crippen LogP contribution in [0.25, 0.3) is 11.3 Å². The smallest absolute Gasteiger partial charge is 0.213 e. The summed E-state index contributed by atoms with van der Waals surface area (Å²) in [6.07, 6.45) is 2.99. The van der Waals surface area contributed by atoms with Crippen LogP contribution in [0.5, 0.6) is 5.88 Å². The molecule has 35 heavy (non-hydrogen) atoms. The van der Waals surface area contributed by atoms with Gasteiger partial charge in [-0.1, -0.05) is 95.6 Å². The standard InChI is InChI=1S/C22H32N2O2.C3H8.3C2H6/c1-7-17-12-19(15(5)14(4)13-25)16(6)23-22(17)18-10-11-21(26-9-3)24-20(18)8-2;1-3-2;3*1-2/h10-12,14-15,25H,7-9,13H2,1-6H3;3H2,1-2H3;3*1-2H3/t14-,15?;;;;/m0..../s1. The maximum Gasteiger partial charge on any atom is 0.213 e. The van der Waals surface area contributed by atoms with E-state index in [1.54, 1.807) is 0 Å². The highest BCUT2D eigenvalue weighted by Crippen LogP contribution is 2.33. The lowest BCUT2D eigenvalue weighted by Gasteiger charge is -2.22. The number of pyridine rings is 2. The van der Waals surface area contributed by atoms with Crippen molar-refractivity contribution in [3.05, 3.63) is 40.7 Å². The number of hydrogen-bond acceptors (Lipinski definition) is 4. The Morgan fingerprint density at radius 1 is 0.857 bits per heavy atom. The molecule has 4 heteroatoms. The molecule has 0 fully saturated rings. The van der Waals surface area contributed by atoms with Crippen molar-refractivity contribution in [1.82, 2.24) is 9.97 Å². The van der Waals surface area contributed by atoms with Crippen LogP contribution in [-0.2, 0) is 12.8 Å². The SMILES string of the molecule is CC.CC.CC.CCC.CCOc1ccc(-c2nc(C)c(C(C)[C@@H](C)CO)cc2CC)c(CC)n1. The van der Waals surface area contributed by atoms with Gasteiger partial charge in [-0.15, -0.1) is 0 Å². The molecule has 0 saturated heterocycles. The first-order valence-electron chi connectivity index (χ1n) is 14.1. The Labute approximate surface area is 219 Å². The predicted molar refractivity (Wildman–Crippen MR) is 157 cm³/mol. The molecule has 0 bridgehead atoms. The molecule has 0 spiro atoms. The van der Waals surface area contributed by atoms with Gasteiger partial charge in [0.2, 0.25) is 5.88 Å². The topological polar surface area (TPSA) is 55.2 Å². The van der Waals surface area contributed by atoms with E-state index in [0.717, 1.165) is 35.5 Å². The highest BCUT2D eigenvalue weighted by atomic mass is 16.5. The average Bonchev–Trinajstić information content (AvgIpc) is 2.91. The van der Waals surface area contributed by atoms with Crippen LogP contribution in [-0.4, -0.2) is 28.3 Å². The number of aliphatic hydroxyl groups excluding tert-OH is 1. The van der Waals surface area contributed by atoms with Gasteiger partial charge in [0.25, 0.3) is 0 Å². The largest absolute Gasteiger partial charge is 0.478 e. The van der Waals surface area contributed by atoms with Crippen LogP contribution in [0.4, 0.5) is 0 Å². The highest BCUT2D eigenvalue weighted by molar-refractivity contribution is 5.67. The molecule has 2 aromatic rings. The van der Waals surface area contributed by atoms with Crippen molar-refractivity contribution in [3.63, 3.8) is 0 Å². The molecule has 1 unspecified atom stereocenters. The minimum atomic E-state index is 0.187. The van der Waals surface area contributed by atoms with Crippen LogP contribution >= 0.6 is 0 Å². The van der Waals surface area contributed by atoms with Crippen molar-refractivity contribution in [2.45, 2.75) is 122 Å². The van der Waals surface area contributed by atoms with Gasteiger partial charge in [-0.05, 0) is 55.7 Å². The van der Waals surface area contributed by atoms with Crippen molar-refractivity contribution in [2.75, 3.05) is 13.2 Å². The van der Waals surface area contributed by atoms with E-state index in [9.17, 15) is 5.11 Å². The Morgan fingerprint density at radius 3 is 1.83 bits per heavy atom. The zero-order valence-electron chi connectivity index (χ0n) is 25.7. The Hall–Kier alpha value is -1.94. The summed E-state index contributed by atoms with van der Waals surface area (Å²) in [4.78, 5) is 9.64. The Balaban J connectivity index is -0.00000101. The van der Waals surface area contributed by atoms with Crippen LogP contribution in [0, 0.1) is 12.8 Å².